The summed E-state index contributed by atoms with van der Waals surface area (Å²) in [5, 5.41) is 16.4. The van der Waals surface area contributed by atoms with Crippen molar-refractivity contribution in [2.24, 2.45) is 0 Å². The van der Waals surface area contributed by atoms with Crippen LogP contribution in [-0.4, -0.2) is 26.3 Å². The third-order valence-electron chi connectivity index (χ3n) is 3.06. The standard InChI is InChI=1S/C13H20N6O/c1-4-5-8-11(14)12(19-16-8)13(20)15-10-6-9(7(2)3)17-18-10/h6-7H,4-5,14H2,1-3H3,(H,16,19)(H2,15,17,18,20). The van der Waals surface area contributed by atoms with Crippen LogP contribution in [0.1, 0.15) is 55.0 Å². The molecule has 0 bridgehead atoms. The van der Waals surface area contributed by atoms with Crippen LogP contribution in [0.15, 0.2) is 6.07 Å². The molecular formula is C13H20N6O. The molecule has 0 spiro atoms. The zero-order valence-electron chi connectivity index (χ0n) is 11.9. The minimum absolute atomic E-state index is 0.211. The maximum absolute atomic E-state index is 12.1. The Morgan fingerprint density at radius 1 is 1.40 bits per heavy atom. The van der Waals surface area contributed by atoms with E-state index in [1.165, 1.54) is 0 Å². The van der Waals surface area contributed by atoms with Gasteiger partial charge in [0.2, 0.25) is 0 Å². The highest BCUT2D eigenvalue weighted by Crippen LogP contribution is 2.18. The summed E-state index contributed by atoms with van der Waals surface area (Å²) in [6, 6.07) is 1.80. The van der Waals surface area contributed by atoms with Gasteiger partial charge < -0.3 is 11.1 Å². The fourth-order valence-electron chi connectivity index (χ4n) is 1.87. The molecule has 0 fully saturated rings. The molecule has 7 nitrogen and oxygen atoms in total. The van der Waals surface area contributed by atoms with Gasteiger partial charge in [0.05, 0.1) is 11.4 Å². The maximum Gasteiger partial charge on any atom is 0.279 e. The molecule has 2 aromatic heterocycles. The number of aromatic nitrogens is 4. The molecule has 0 atom stereocenters. The minimum atomic E-state index is -0.358. The van der Waals surface area contributed by atoms with Crippen LogP contribution in [0.5, 0.6) is 0 Å². The Bertz CT molecular complexity index is 598. The lowest BCUT2D eigenvalue weighted by Gasteiger charge is -2.00. The van der Waals surface area contributed by atoms with E-state index >= 15 is 0 Å². The first-order chi connectivity index (χ1) is 9.52. The molecule has 0 radical (unpaired) electrons. The molecule has 2 rings (SSSR count). The summed E-state index contributed by atoms with van der Waals surface area (Å²) in [6.07, 6.45) is 1.70. The Morgan fingerprint density at radius 3 is 2.75 bits per heavy atom. The molecule has 108 valence electrons. The topological polar surface area (TPSA) is 112 Å². The zero-order valence-corrected chi connectivity index (χ0v) is 11.9. The first-order valence-electron chi connectivity index (χ1n) is 6.72. The van der Waals surface area contributed by atoms with E-state index in [0.29, 0.717) is 17.4 Å². The molecular weight excluding hydrogens is 256 g/mol. The van der Waals surface area contributed by atoms with Crippen LogP contribution in [0.2, 0.25) is 0 Å². The van der Waals surface area contributed by atoms with E-state index in [0.717, 1.165) is 24.2 Å². The van der Waals surface area contributed by atoms with Crippen LogP contribution >= 0.6 is 0 Å². The number of nitrogens with two attached hydrogens (primary N) is 1. The van der Waals surface area contributed by atoms with Crippen molar-refractivity contribution in [3.63, 3.8) is 0 Å². The third-order valence-corrected chi connectivity index (χ3v) is 3.06. The number of carbonyl (C=O) groups excluding carboxylic acids is 1. The molecule has 2 aromatic rings. The Labute approximate surface area is 117 Å². The average Bonchev–Trinajstić information content (AvgIpc) is 2.98. The molecule has 0 saturated carbocycles. The highest BCUT2D eigenvalue weighted by Gasteiger charge is 2.18. The van der Waals surface area contributed by atoms with Gasteiger partial charge in [-0.25, -0.2) is 0 Å². The first kappa shape index (κ1) is 14.1. The number of nitrogens with zero attached hydrogens (tertiary/aromatic N) is 2. The van der Waals surface area contributed by atoms with Crippen LogP contribution in [0.3, 0.4) is 0 Å². The monoisotopic (exact) mass is 276 g/mol. The highest BCUT2D eigenvalue weighted by molar-refractivity contribution is 6.06. The number of anilines is 2. The molecule has 20 heavy (non-hydrogen) atoms. The molecule has 0 aromatic carbocycles. The van der Waals surface area contributed by atoms with Crippen LogP contribution < -0.4 is 11.1 Å². The van der Waals surface area contributed by atoms with Gasteiger partial charge >= 0.3 is 0 Å². The fraction of sp³-hybridized carbons (Fsp3) is 0.462. The second kappa shape index (κ2) is 5.77. The lowest BCUT2D eigenvalue weighted by Crippen LogP contribution is -2.14. The van der Waals surface area contributed by atoms with E-state index in [-0.39, 0.29) is 11.6 Å². The van der Waals surface area contributed by atoms with Crippen molar-refractivity contribution >= 4 is 17.4 Å². The Morgan fingerprint density at radius 2 is 2.15 bits per heavy atom. The number of carbonyl (C=O) groups is 1. The quantitative estimate of drug-likeness (QED) is 0.669. The average molecular weight is 276 g/mol. The SMILES string of the molecule is CCCc1[nH]nc(C(=O)Nc2cc(C(C)C)[nH]n2)c1N. The summed E-state index contributed by atoms with van der Waals surface area (Å²) in [5.41, 5.74) is 8.29. The van der Waals surface area contributed by atoms with Crippen LogP contribution in [0.4, 0.5) is 11.5 Å². The number of hydrogen-bond donors (Lipinski definition) is 4. The zero-order chi connectivity index (χ0) is 14.7. The number of amides is 1. The normalized spacial score (nSPS) is 11.0. The van der Waals surface area contributed by atoms with Gasteiger partial charge in [0.1, 0.15) is 0 Å². The smallest absolute Gasteiger partial charge is 0.279 e. The Kier molecular flexibility index (Phi) is 4.07. The molecule has 2 heterocycles. The van der Waals surface area contributed by atoms with E-state index in [9.17, 15) is 4.79 Å². The van der Waals surface area contributed by atoms with Crippen molar-refractivity contribution in [1.82, 2.24) is 20.4 Å². The lowest BCUT2D eigenvalue weighted by atomic mass is 10.1. The molecule has 1 amide bonds. The Hall–Kier alpha value is -2.31. The highest BCUT2D eigenvalue weighted by atomic mass is 16.2. The van der Waals surface area contributed by atoms with Crippen LogP contribution in [0, 0.1) is 0 Å². The van der Waals surface area contributed by atoms with Gasteiger partial charge in [-0.05, 0) is 12.3 Å². The van der Waals surface area contributed by atoms with Crippen LogP contribution in [0.25, 0.3) is 0 Å². The number of aryl methyl sites for hydroxylation is 1. The molecule has 7 heteroatoms. The van der Waals surface area contributed by atoms with Gasteiger partial charge in [-0.2, -0.15) is 10.2 Å². The van der Waals surface area contributed by atoms with Crippen molar-refractivity contribution in [3.05, 3.63) is 23.1 Å². The molecule has 0 unspecified atom stereocenters. The summed E-state index contributed by atoms with van der Waals surface area (Å²) >= 11 is 0. The van der Waals surface area contributed by atoms with E-state index in [4.69, 9.17) is 5.73 Å². The third kappa shape index (κ3) is 2.81. The summed E-state index contributed by atoms with van der Waals surface area (Å²) < 4.78 is 0. The number of H-pyrrole nitrogens is 2. The van der Waals surface area contributed by atoms with Crippen molar-refractivity contribution in [1.29, 1.82) is 0 Å². The predicted molar refractivity (Wildman–Crippen MR) is 77.6 cm³/mol. The fourth-order valence-corrected chi connectivity index (χ4v) is 1.87. The van der Waals surface area contributed by atoms with Gasteiger partial charge in [0.25, 0.3) is 5.91 Å². The predicted octanol–water partition coefficient (Wildman–Crippen LogP) is 2.04. The number of rotatable bonds is 5. The second-order valence-electron chi connectivity index (χ2n) is 5.03. The van der Waals surface area contributed by atoms with E-state index in [1.54, 1.807) is 6.07 Å². The molecule has 5 N–H and O–H groups in total. The first-order valence-corrected chi connectivity index (χ1v) is 6.72. The lowest BCUT2D eigenvalue weighted by molar-refractivity contribution is 0.102. The van der Waals surface area contributed by atoms with Crippen LogP contribution in [-0.2, 0) is 6.42 Å². The van der Waals surface area contributed by atoms with Crippen molar-refractivity contribution in [3.8, 4) is 0 Å². The summed E-state index contributed by atoms with van der Waals surface area (Å²) in [5.74, 6) is 0.431. The number of nitrogen functional groups attached to an aromatic ring is 1. The maximum atomic E-state index is 12.1. The number of aromatic amines is 2. The largest absolute Gasteiger partial charge is 0.395 e. The number of hydrogen-bond acceptors (Lipinski definition) is 4. The summed E-state index contributed by atoms with van der Waals surface area (Å²) in [7, 11) is 0. The molecule has 0 aliphatic rings. The van der Waals surface area contributed by atoms with Gasteiger partial charge in [-0.1, -0.05) is 27.2 Å². The van der Waals surface area contributed by atoms with E-state index in [2.05, 4.69) is 25.7 Å². The van der Waals surface area contributed by atoms with Crippen molar-refractivity contribution in [2.75, 3.05) is 11.1 Å². The minimum Gasteiger partial charge on any atom is -0.395 e. The Balaban J connectivity index is 2.11. The molecule has 0 aliphatic heterocycles. The van der Waals surface area contributed by atoms with Gasteiger partial charge in [-0.3, -0.25) is 15.0 Å². The van der Waals surface area contributed by atoms with Gasteiger partial charge in [-0.15, -0.1) is 0 Å². The second-order valence-corrected chi connectivity index (χ2v) is 5.03. The summed E-state index contributed by atoms with van der Waals surface area (Å²) in [4.78, 5) is 12.1. The van der Waals surface area contributed by atoms with Crippen molar-refractivity contribution in [2.45, 2.75) is 39.5 Å². The van der Waals surface area contributed by atoms with E-state index < -0.39 is 0 Å². The molecule has 0 aliphatic carbocycles. The summed E-state index contributed by atoms with van der Waals surface area (Å²) in [6.45, 7) is 6.13. The van der Waals surface area contributed by atoms with E-state index in [1.807, 2.05) is 20.8 Å². The number of nitrogens with one attached hydrogen (secondary N) is 3. The molecule has 0 saturated heterocycles. The van der Waals surface area contributed by atoms with Gasteiger partial charge in [0, 0.05) is 11.8 Å². The van der Waals surface area contributed by atoms with Gasteiger partial charge in [0.15, 0.2) is 11.5 Å². The van der Waals surface area contributed by atoms with Crippen molar-refractivity contribution < 1.29 is 4.79 Å².